The van der Waals surface area contributed by atoms with Crippen molar-refractivity contribution < 1.29 is 14.6 Å². The molecule has 0 saturated carbocycles. The van der Waals surface area contributed by atoms with Crippen molar-refractivity contribution in [2.24, 2.45) is 0 Å². The smallest absolute Gasteiger partial charge is 0.310 e. The summed E-state index contributed by atoms with van der Waals surface area (Å²) in [4.78, 5) is 21.0. The van der Waals surface area contributed by atoms with Crippen molar-refractivity contribution in [1.82, 2.24) is 14.5 Å². The van der Waals surface area contributed by atoms with Gasteiger partial charge in [-0.05, 0) is 55.8 Å². The molecule has 7 heteroatoms. The fraction of sp³-hybridized carbons (Fsp3) is 0.190. The van der Waals surface area contributed by atoms with Crippen LogP contribution in [0, 0.1) is 6.92 Å². The summed E-state index contributed by atoms with van der Waals surface area (Å²) < 4.78 is 7.10. The lowest BCUT2D eigenvalue weighted by Crippen LogP contribution is -2.09. The van der Waals surface area contributed by atoms with Crippen molar-refractivity contribution in [3.05, 3.63) is 59.0 Å². The number of esters is 1. The van der Waals surface area contributed by atoms with E-state index in [9.17, 15) is 9.90 Å². The van der Waals surface area contributed by atoms with Crippen LogP contribution >= 0.6 is 11.6 Å². The van der Waals surface area contributed by atoms with E-state index in [1.54, 1.807) is 31.2 Å². The van der Waals surface area contributed by atoms with Gasteiger partial charge in [0.05, 0.1) is 24.1 Å². The predicted molar refractivity (Wildman–Crippen MR) is 108 cm³/mol. The van der Waals surface area contributed by atoms with Crippen molar-refractivity contribution in [3.63, 3.8) is 0 Å². The second kappa shape index (κ2) is 7.13. The van der Waals surface area contributed by atoms with Crippen molar-refractivity contribution >= 4 is 39.4 Å². The monoisotopic (exact) mass is 395 g/mol. The van der Waals surface area contributed by atoms with Gasteiger partial charge in [-0.15, -0.1) is 0 Å². The number of ether oxygens (including phenoxy) is 1. The Morgan fingerprint density at radius 3 is 2.79 bits per heavy atom. The van der Waals surface area contributed by atoms with Gasteiger partial charge in [0.1, 0.15) is 17.9 Å². The van der Waals surface area contributed by atoms with Gasteiger partial charge in [0.2, 0.25) is 0 Å². The third-order valence-electron chi connectivity index (χ3n) is 4.73. The van der Waals surface area contributed by atoms with E-state index in [1.807, 2.05) is 23.6 Å². The lowest BCUT2D eigenvalue weighted by atomic mass is 10.1. The SMILES string of the molecule is CCOC(=O)Cc1c(C)n(-c2ncnc3cc(Cl)ccc23)c2ccc(O)cc12. The normalized spacial score (nSPS) is 11.2. The zero-order valence-corrected chi connectivity index (χ0v) is 16.2. The van der Waals surface area contributed by atoms with Crippen LogP contribution in [-0.2, 0) is 16.0 Å². The van der Waals surface area contributed by atoms with E-state index >= 15 is 0 Å². The molecule has 4 aromatic rings. The number of fused-ring (bicyclic) bond motifs is 2. The predicted octanol–water partition coefficient (Wildman–Crippen LogP) is 4.35. The van der Waals surface area contributed by atoms with Crippen LogP contribution in [0.15, 0.2) is 42.7 Å². The highest BCUT2D eigenvalue weighted by atomic mass is 35.5. The Balaban J connectivity index is 2.01. The average Bonchev–Trinajstić information content (AvgIpc) is 2.92. The standard InChI is InChI=1S/C21H18ClN3O3/c1-3-28-20(27)10-16-12(2)25(19-7-5-14(26)9-17(16)19)21-15-6-4-13(22)8-18(15)23-11-24-21/h4-9,11,26H,3,10H2,1-2H3. The number of rotatable bonds is 4. The lowest BCUT2D eigenvalue weighted by molar-refractivity contribution is -0.142. The fourth-order valence-corrected chi connectivity index (χ4v) is 3.68. The molecule has 0 aliphatic heterocycles. The summed E-state index contributed by atoms with van der Waals surface area (Å²) in [5.74, 6) is 0.506. The van der Waals surface area contributed by atoms with Gasteiger partial charge >= 0.3 is 5.97 Å². The molecule has 0 saturated heterocycles. The quantitative estimate of drug-likeness (QED) is 0.520. The first-order valence-electron chi connectivity index (χ1n) is 8.88. The maximum Gasteiger partial charge on any atom is 0.310 e. The van der Waals surface area contributed by atoms with Gasteiger partial charge in [-0.25, -0.2) is 9.97 Å². The van der Waals surface area contributed by atoms with E-state index in [-0.39, 0.29) is 18.1 Å². The number of halogens is 1. The molecule has 2 heterocycles. The Hall–Kier alpha value is -3.12. The number of phenolic OH excluding ortho intramolecular Hbond substituents is 1. The summed E-state index contributed by atoms with van der Waals surface area (Å²) in [5, 5.41) is 12.2. The van der Waals surface area contributed by atoms with Gasteiger partial charge in [0, 0.05) is 21.5 Å². The fourth-order valence-electron chi connectivity index (χ4n) is 3.52. The zero-order valence-electron chi connectivity index (χ0n) is 15.4. The van der Waals surface area contributed by atoms with E-state index in [0.717, 1.165) is 33.1 Å². The number of carbonyl (C=O) groups excluding carboxylic acids is 1. The number of nitrogens with zero attached hydrogens (tertiary/aromatic N) is 3. The molecule has 0 aliphatic carbocycles. The van der Waals surface area contributed by atoms with E-state index in [1.165, 1.54) is 6.33 Å². The first-order valence-corrected chi connectivity index (χ1v) is 9.26. The summed E-state index contributed by atoms with van der Waals surface area (Å²) in [5.41, 5.74) is 3.21. The van der Waals surface area contributed by atoms with E-state index in [2.05, 4.69) is 9.97 Å². The molecule has 2 aromatic carbocycles. The van der Waals surface area contributed by atoms with Crippen LogP contribution in [0.1, 0.15) is 18.2 Å². The maximum atomic E-state index is 12.2. The largest absolute Gasteiger partial charge is 0.508 e. The van der Waals surface area contributed by atoms with Crippen LogP contribution in [0.2, 0.25) is 5.02 Å². The summed E-state index contributed by atoms with van der Waals surface area (Å²) in [6, 6.07) is 10.6. The topological polar surface area (TPSA) is 77.2 Å². The second-order valence-corrected chi connectivity index (χ2v) is 6.88. The summed E-state index contributed by atoms with van der Waals surface area (Å²) in [7, 11) is 0. The number of aromatic hydroxyl groups is 1. The Labute approximate surface area is 166 Å². The Bertz CT molecular complexity index is 1220. The number of phenols is 1. The van der Waals surface area contributed by atoms with Crippen LogP contribution in [0.5, 0.6) is 5.75 Å². The van der Waals surface area contributed by atoms with Crippen LogP contribution in [0.3, 0.4) is 0 Å². The number of benzene rings is 2. The number of hydrogen-bond acceptors (Lipinski definition) is 5. The molecule has 0 amide bonds. The summed E-state index contributed by atoms with van der Waals surface area (Å²) >= 11 is 6.11. The van der Waals surface area contributed by atoms with E-state index in [0.29, 0.717) is 17.4 Å². The van der Waals surface area contributed by atoms with Crippen molar-refractivity contribution in [2.45, 2.75) is 20.3 Å². The minimum absolute atomic E-state index is 0.113. The molecular weight excluding hydrogens is 378 g/mol. The highest BCUT2D eigenvalue weighted by molar-refractivity contribution is 6.31. The number of carbonyl (C=O) groups is 1. The molecule has 0 unspecified atom stereocenters. The molecular formula is C21H18ClN3O3. The molecule has 142 valence electrons. The van der Waals surface area contributed by atoms with Crippen molar-refractivity contribution in [1.29, 1.82) is 0 Å². The molecule has 0 spiro atoms. The average molecular weight is 396 g/mol. The Morgan fingerprint density at radius 1 is 1.18 bits per heavy atom. The molecule has 0 atom stereocenters. The van der Waals surface area contributed by atoms with Gasteiger partial charge in [0.15, 0.2) is 0 Å². The van der Waals surface area contributed by atoms with Crippen LogP contribution in [0.25, 0.3) is 27.6 Å². The second-order valence-electron chi connectivity index (χ2n) is 6.44. The summed E-state index contributed by atoms with van der Waals surface area (Å²) in [6.45, 7) is 4.02. The first kappa shape index (κ1) is 18.3. The molecule has 28 heavy (non-hydrogen) atoms. The molecule has 4 rings (SSSR count). The van der Waals surface area contributed by atoms with Crippen molar-refractivity contribution in [3.8, 4) is 11.6 Å². The van der Waals surface area contributed by atoms with Crippen molar-refractivity contribution in [2.75, 3.05) is 6.61 Å². The Kier molecular flexibility index (Phi) is 4.65. The third kappa shape index (κ3) is 3.05. The maximum absolute atomic E-state index is 12.2. The molecule has 1 N–H and O–H groups in total. The van der Waals surface area contributed by atoms with Crippen LogP contribution in [0.4, 0.5) is 0 Å². The van der Waals surface area contributed by atoms with E-state index in [4.69, 9.17) is 16.3 Å². The van der Waals surface area contributed by atoms with Crippen LogP contribution < -0.4 is 0 Å². The van der Waals surface area contributed by atoms with E-state index < -0.39 is 0 Å². The minimum Gasteiger partial charge on any atom is -0.508 e. The molecule has 0 bridgehead atoms. The highest BCUT2D eigenvalue weighted by Gasteiger charge is 2.20. The minimum atomic E-state index is -0.313. The Morgan fingerprint density at radius 2 is 2.00 bits per heavy atom. The lowest BCUT2D eigenvalue weighted by Gasteiger charge is -2.11. The molecule has 0 radical (unpaired) electrons. The van der Waals surface area contributed by atoms with Gasteiger partial charge in [-0.3, -0.25) is 9.36 Å². The van der Waals surface area contributed by atoms with Gasteiger partial charge < -0.3 is 9.84 Å². The van der Waals surface area contributed by atoms with Gasteiger partial charge in [-0.1, -0.05) is 11.6 Å². The van der Waals surface area contributed by atoms with Gasteiger partial charge in [0.25, 0.3) is 0 Å². The summed E-state index contributed by atoms with van der Waals surface area (Å²) in [6.07, 6.45) is 1.60. The van der Waals surface area contributed by atoms with Crippen LogP contribution in [-0.4, -0.2) is 32.2 Å². The molecule has 0 aliphatic rings. The molecule has 0 fully saturated rings. The first-order chi connectivity index (χ1) is 13.5. The van der Waals surface area contributed by atoms with Gasteiger partial charge in [-0.2, -0.15) is 0 Å². The number of hydrogen-bond donors (Lipinski definition) is 1. The third-order valence-corrected chi connectivity index (χ3v) is 4.97. The zero-order chi connectivity index (χ0) is 19.8. The molecule has 6 nitrogen and oxygen atoms in total. The molecule has 2 aromatic heterocycles. The highest BCUT2D eigenvalue weighted by Crippen LogP contribution is 2.33. The number of aromatic nitrogens is 3.